The lowest BCUT2D eigenvalue weighted by atomic mass is 9.94. The van der Waals surface area contributed by atoms with Gasteiger partial charge < -0.3 is 9.88 Å². The Kier molecular flexibility index (Phi) is 4.92. The zero-order valence-corrected chi connectivity index (χ0v) is 16.6. The molecule has 0 aliphatic heterocycles. The molecule has 140 valence electrons. The van der Waals surface area contributed by atoms with Crippen molar-refractivity contribution in [2.24, 2.45) is 5.41 Å². The zero-order valence-electron chi connectivity index (χ0n) is 16.6. The standard InChI is InChI=1S/C23H26N2O2/c1-15-7-6-8-19(12-15)25(22(27)23(3,4)5)14-18-13-17-11-16(2)9-10-20(17)24-21(18)26/h6-13H,14H2,1-5H3,(H,24,26). The Balaban J connectivity index is 2.09. The summed E-state index contributed by atoms with van der Waals surface area (Å²) < 4.78 is 0. The van der Waals surface area contributed by atoms with Crippen molar-refractivity contribution < 1.29 is 4.79 Å². The van der Waals surface area contributed by atoms with E-state index in [1.807, 2.05) is 83.1 Å². The van der Waals surface area contributed by atoms with Crippen molar-refractivity contribution in [3.8, 4) is 0 Å². The summed E-state index contributed by atoms with van der Waals surface area (Å²) in [6, 6.07) is 15.6. The molecule has 0 unspecified atom stereocenters. The van der Waals surface area contributed by atoms with Crippen LogP contribution >= 0.6 is 0 Å². The smallest absolute Gasteiger partial charge is 0.253 e. The Hall–Kier alpha value is -2.88. The SMILES string of the molecule is Cc1cccc(N(Cc2cc3cc(C)ccc3[nH]c2=O)C(=O)C(C)(C)C)c1. The molecule has 4 nitrogen and oxygen atoms in total. The minimum Gasteiger partial charge on any atom is -0.322 e. The number of nitrogens with zero attached hydrogens (tertiary/aromatic N) is 1. The molecular formula is C23H26N2O2. The van der Waals surface area contributed by atoms with Gasteiger partial charge in [-0.3, -0.25) is 9.59 Å². The van der Waals surface area contributed by atoms with Gasteiger partial charge in [0.15, 0.2) is 0 Å². The van der Waals surface area contributed by atoms with E-state index in [4.69, 9.17) is 0 Å². The lowest BCUT2D eigenvalue weighted by molar-refractivity contribution is -0.125. The fourth-order valence-electron chi connectivity index (χ4n) is 3.14. The number of hydrogen-bond donors (Lipinski definition) is 1. The third kappa shape index (κ3) is 4.11. The molecule has 0 spiro atoms. The summed E-state index contributed by atoms with van der Waals surface area (Å²) in [6.45, 7) is 9.93. The van der Waals surface area contributed by atoms with E-state index < -0.39 is 5.41 Å². The lowest BCUT2D eigenvalue weighted by Crippen LogP contribution is -2.40. The number of aryl methyl sites for hydroxylation is 2. The number of anilines is 1. The van der Waals surface area contributed by atoms with E-state index in [9.17, 15) is 9.59 Å². The molecule has 3 rings (SSSR count). The summed E-state index contributed by atoms with van der Waals surface area (Å²) in [6.07, 6.45) is 0. The molecule has 1 amide bonds. The van der Waals surface area contributed by atoms with Gasteiger partial charge in [-0.15, -0.1) is 0 Å². The largest absolute Gasteiger partial charge is 0.322 e. The number of H-pyrrole nitrogens is 1. The van der Waals surface area contributed by atoms with E-state index in [0.29, 0.717) is 5.56 Å². The summed E-state index contributed by atoms with van der Waals surface area (Å²) in [5.41, 5.74) is 3.67. The Morgan fingerprint density at radius 2 is 1.70 bits per heavy atom. The molecule has 0 saturated heterocycles. The summed E-state index contributed by atoms with van der Waals surface area (Å²) in [5.74, 6) is -0.0168. The van der Waals surface area contributed by atoms with Gasteiger partial charge in [-0.2, -0.15) is 0 Å². The molecule has 0 fully saturated rings. The molecule has 1 aromatic heterocycles. The molecule has 1 N–H and O–H groups in total. The van der Waals surface area contributed by atoms with Crippen LogP contribution in [0.5, 0.6) is 0 Å². The summed E-state index contributed by atoms with van der Waals surface area (Å²) >= 11 is 0. The van der Waals surface area contributed by atoms with Crippen LogP contribution in [-0.4, -0.2) is 10.9 Å². The first-order valence-corrected chi connectivity index (χ1v) is 9.16. The first-order valence-electron chi connectivity index (χ1n) is 9.16. The van der Waals surface area contributed by atoms with Crippen molar-refractivity contribution >= 4 is 22.5 Å². The molecule has 3 aromatic rings. The van der Waals surface area contributed by atoms with Crippen molar-refractivity contribution in [2.45, 2.75) is 41.2 Å². The minimum absolute atomic E-state index is 0.0168. The maximum Gasteiger partial charge on any atom is 0.253 e. The summed E-state index contributed by atoms with van der Waals surface area (Å²) in [7, 11) is 0. The van der Waals surface area contributed by atoms with E-state index in [-0.39, 0.29) is 18.0 Å². The van der Waals surface area contributed by atoms with E-state index in [1.54, 1.807) is 4.90 Å². The van der Waals surface area contributed by atoms with Gasteiger partial charge in [0.1, 0.15) is 0 Å². The van der Waals surface area contributed by atoms with Crippen LogP contribution in [0.2, 0.25) is 0 Å². The number of fused-ring (bicyclic) bond motifs is 1. The van der Waals surface area contributed by atoms with Crippen molar-refractivity contribution in [3.63, 3.8) is 0 Å². The van der Waals surface area contributed by atoms with Crippen LogP contribution in [0.4, 0.5) is 5.69 Å². The number of aromatic amines is 1. The first-order chi connectivity index (χ1) is 12.6. The molecule has 0 atom stereocenters. The monoisotopic (exact) mass is 362 g/mol. The van der Waals surface area contributed by atoms with Gasteiger partial charge >= 0.3 is 0 Å². The topological polar surface area (TPSA) is 53.2 Å². The fourth-order valence-corrected chi connectivity index (χ4v) is 3.14. The third-order valence-electron chi connectivity index (χ3n) is 4.61. The van der Waals surface area contributed by atoms with Gasteiger partial charge in [0.25, 0.3) is 5.56 Å². The molecule has 4 heteroatoms. The number of rotatable bonds is 3. The number of amides is 1. The highest BCUT2D eigenvalue weighted by molar-refractivity contribution is 5.97. The average Bonchev–Trinajstić information content (AvgIpc) is 2.59. The number of carbonyl (C=O) groups is 1. The molecule has 1 heterocycles. The maximum absolute atomic E-state index is 13.1. The Bertz CT molecular complexity index is 1060. The fraction of sp³-hybridized carbons (Fsp3) is 0.304. The van der Waals surface area contributed by atoms with E-state index in [0.717, 1.165) is 27.7 Å². The summed E-state index contributed by atoms with van der Waals surface area (Å²) in [5, 5.41) is 0.969. The predicted molar refractivity (Wildman–Crippen MR) is 111 cm³/mol. The number of carbonyl (C=O) groups excluding carboxylic acids is 1. The van der Waals surface area contributed by atoms with Gasteiger partial charge in [0, 0.05) is 22.2 Å². The predicted octanol–water partition coefficient (Wildman–Crippen LogP) is 4.72. The second kappa shape index (κ2) is 7.03. The van der Waals surface area contributed by atoms with E-state index in [2.05, 4.69) is 4.98 Å². The second-order valence-electron chi connectivity index (χ2n) is 8.19. The van der Waals surface area contributed by atoms with Crippen LogP contribution in [-0.2, 0) is 11.3 Å². The quantitative estimate of drug-likeness (QED) is 0.733. The molecule has 0 radical (unpaired) electrons. The molecular weight excluding hydrogens is 336 g/mol. The van der Waals surface area contributed by atoms with E-state index >= 15 is 0 Å². The highest BCUT2D eigenvalue weighted by atomic mass is 16.2. The highest BCUT2D eigenvalue weighted by Gasteiger charge is 2.29. The number of pyridine rings is 1. The minimum atomic E-state index is -0.552. The van der Waals surface area contributed by atoms with Crippen LogP contribution in [0.1, 0.15) is 37.5 Å². The number of hydrogen-bond acceptors (Lipinski definition) is 2. The van der Waals surface area contributed by atoms with Gasteiger partial charge in [-0.1, -0.05) is 44.5 Å². The van der Waals surface area contributed by atoms with Crippen LogP contribution in [0.25, 0.3) is 10.9 Å². The van der Waals surface area contributed by atoms with E-state index in [1.165, 1.54) is 0 Å². The van der Waals surface area contributed by atoms with Crippen molar-refractivity contribution in [1.82, 2.24) is 4.98 Å². The number of aromatic nitrogens is 1. The third-order valence-corrected chi connectivity index (χ3v) is 4.61. The molecule has 0 aliphatic rings. The Morgan fingerprint density at radius 3 is 2.37 bits per heavy atom. The molecule has 0 aliphatic carbocycles. The van der Waals surface area contributed by atoms with Crippen LogP contribution < -0.4 is 10.5 Å². The van der Waals surface area contributed by atoms with Crippen LogP contribution in [0.3, 0.4) is 0 Å². The zero-order chi connectivity index (χ0) is 19.8. The average molecular weight is 362 g/mol. The summed E-state index contributed by atoms with van der Waals surface area (Å²) in [4.78, 5) is 30.4. The van der Waals surface area contributed by atoms with Crippen LogP contribution in [0.15, 0.2) is 53.3 Å². The van der Waals surface area contributed by atoms with Crippen molar-refractivity contribution in [3.05, 3.63) is 75.6 Å². The van der Waals surface area contributed by atoms with Gasteiger partial charge in [-0.25, -0.2) is 0 Å². The molecule has 0 saturated carbocycles. The molecule has 0 bridgehead atoms. The number of benzene rings is 2. The Labute approximate surface area is 159 Å². The van der Waals surface area contributed by atoms with Gasteiger partial charge in [0.2, 0.25) is 5.91 Å². The van der Waals surface area contributed by atoms with Crippen molar-refractivity contribution in [2.75, 3.05) is 4.90 Å². The number of nitrogens with one attached hydrogen (secondary N) is 1. The van der Waals surface area contributed by atoms with Crippen LogP contribution in [0, 0.1) is 19.3 Å². The Morgan fingerprint density at radius 1 is 1.00 bits per heavy atom. The first kappa shape index (κ1) is 18.9. The van der Waals surface area contributed by atoms with Gasteiger partial charge in [0.05, 0.1) is 6.54 Å². The van der Waals surface area contributed by atoms with Gasteiger partial charge in [-0.05, 0) is 55.1 Å². The molecule has 2 aromatic carbocycles. The van der Waals surface area contributed by atoms with Crippen molar-refractivity contribution in [1.29, 1.82) is 0 Å². The normalized spacial score (nSPS) is 11.6. The molecule has 27 heavy (non-hydrogen) atoms. The highest BCUT2D eigenvalue weighted by Crippen LogP contribution is 2.26. The second-order valence-corrected chi connectivity index (χ2v) is 8.19. The lowest BCUT2D eigenvalue weighted by Gasteiger charge is -2.30. The maximum atomic E-state index is 13.1.